The first-order valence-corrected chi connectivity index (χ1v) is 9.50. The van der Waals surface area contributed by atoms with E-state index >= 15 is 0 Å². The van der Waals surface area contributed by atoms with Crippen LogP contribution >= 0.6 is 23.6 Å². The predicted octanol–water partition coefficient (Wildman–Crippen LogP) is 3.52. The zero-order valence-electron chi connectivity index (χ0n) is 14.0. The summed E-state index contributed by atoms with van der Waals surface area (Å²) in [6.07, 6.45) is 1.84. The molecule has 1 saturated heterocycles. The molecule has 3 heterocycles. The highest BCUT2D eigenvalue weighted by Gasteiger charge is 2.19. The summed E-state index contributed by atoms with van der Waals surface area (Å²) in [5.74, 6) is 1.03. The third kappa shape index (κ3) is 3.57. The van der Waals surface area contributed by atoms with Crippen LogP contribution < -0.4 is 10.2 Å². The molecule has 3 aromatic rings. The van der Waals surface area contributed by atoms with Gasteiger partial charge in [-0.15, -0.1) is 11.3 Å². The third-order valence-corrected chi connectivity index (χ3v) is 5.58. The maximum atomic E-state index is 5.61. The Kier molecular flexibility index (Phi) is 4.50. The minimum Gasteiger partial charge on any atom is -0.353 e. The molecule has 1 aliphatic rings. The molecule has 4 rings (SSSR count). The number of anilines is 2. The molecule has 1 aromatic carbocycles. The summed E-state index contributed by atoms with van der Waals surface area (Å²) in [6, 6.07) is 12.2. The number of nitrogens with zero attached hydrogens (tertiary/aromatic N) is 4. The fourth-order valence-electron chi connectivity index (χ4n) is 3.00. The molecule has 1 fully saturated rings. The van der Waals surface area contributed by atoms with Crippen LogP contribution in [0.15, 0.2) is 42.6 Å². The van der Waals surface area contributed by atoms with Gasteiger partial charge in [0, 0.05) is 38.1 Å². The summed E-state index contributed by atoms with van der Waals surface area (Å²) in [7, 11) is 0. The molecule has 25 heavy (non-hydrogen) atoms. The second-order valence-electron chi connectivity index (χ2n) is 6.01. The summed E-state index contributed by atoms with van der Waals surface area (Å²) in [5, 5.41) is 5.23. The van der Waals surface area contributed by atoms with Crippen LogP contribution in [0.5, 0.6) is 0 Å². The zero-order chi connectivity index (χ0) is 17.2. The van der Waals surface area contributed by atoms with Gasteiger partial charge in [0.15, 0.2) is 5.11 Å². The lowest BCUT2D eigenvalue weighted by Gasteiger charge is -2.36. The number of hydrogen-bond donors (Lipinski definition) is 1. The van der Waals surface area contributed by atoms with Gasteiger partial charge in [0.2, 0.25) is 0 Å². The van der Waals surface area contributed by atoms with E-state index in [0.29, 0.717) is 0 Å². The summed E-state index contributed by atoms with van der Waals surface area (Å²) in [4.78, 5) is 13.4. The van der Waals surface area contributed by atoms with Gasteiger partial charge < -0.3 is 15.1 Å². The van der Waals surface area contributed by atoms with Crippen molar-refractivity contribution in [1.82, 2.24) is 14.9 Å². The van der Waals surface area contributed by atoms with E-state index in [1.165, 1.54) is 4.70 Å². The van der Waals surface area contributed by atoms with Crippen molar-refractivity contribution in [2.75, 3.05) is 36.4 Å². The third-order valence-electron chi connectivity index (χ3n) is 4.29. The van der Waals surface area contributed by atoms with Crippen LogP contribution in [0.2, 0.25) is 0 Å². The number of aryl methyl sites for hydroxylation is 1. The second kappa shape index (κ2) is 6.93. The molecule has 0 bridgehead atoms. The van der Waals surface area contributed by atoms with Gasteiger partial charge in [0.05, 0.1) is 15.2 Å². The van der Waals surface area contributed by atoms with Gasteiger partial charge in [0.1, 0.15) is 5.82 Å². The minimum absolute atomic E-state index is 0.779. The summed E-state index contributed by atoms with van der Waals surface area (Å²) in [6.45, 7) is 5.66. The SMILES string of the molecule is Cc1nc2ccc(NC(=S)N3CCN(c4ccccn4)CC3)cc2s1. The topological polar surface area (TPSA) is 44.3 Å². The van der Waals surface area contributed by atoms with Gasteiger partial charge in [0.25, 0.3) is 0 Å². The number of aromatic nitrogens is 2. The highest BCUT2D eigenvalue weighted by atomic mass is 32.1. The maximum Gasteiger partial charge on any atom is 0.173 e. The van der Waals surface area contributed by atoms with Gasteiger partial charge >= 0.3 is 0 Å². The Labute approximate surface area is 156 Å². The second-order valence-corrected chi connectivity index (χ2v) is 7.63. The molecule has 0 unspecified atom stereocenters. The number of benzene rings is 1. The van der Waals surface area contributed by atoms with Crippen molar-refractivity contribution in [2.45, 2.75) is 6.92 Å². The Morgan fingerprint density at radius 1 is 1.16 bits per heavy atom. The predicted molar refractivity (Wildman–Crippen MR) is 109 cm³/mol. The Morgan fingerprint density at radius 2 is 2.00 bits per heavy atom. The lowest BCUT2D eigenvalue weighted by molar-refractivity contribution is 0.389. The van der Waals surface area contributed by atoms with E-state index in [9.17, 15) is 0 Å². The first-order chi connectivity index (χ1) is 12.2. The molecule has 0 atom stereocenters. The average Bonchev–Trinajstić information content (AvgIpc) is 3.02. The normalized spacial score (nSPS) is 14.8. The van der Waals surface area contributed by atoms with Crippen molar-refractivity contribution in [3.63, 3.8) is 0 Å². The van der Waals surface area contributed by atoms with E-state index in [1.807, 2.05) is 37.4 Å². The van der Waals surface area contributed by atoms with Crippen molar-refractivity contribution >= 4 is 50.4 Å². The van der Waals surface area contributed by atoms with Gasteiger partial charge in [-0.1, -0.05) is 6.07 Å². The average molecular weight is 370 g/mol. The molecule has 0 amide bonds. The lowest BCUT2D eigenvalue weighted by Crippen LogP contribution is -2.50. The van der Waals surface area contributed by atoms with E-state index in [4.69, 9.17) is 12.2 Å². The van der Waals surface area contributed by atoms with E-state index in [1.54, 1.807) is 11.3 Å². The van der Waals surface area contributed by atoms with Crippen molar-refractivity contribution < 1.29 is 0 Å². The van der Waals surface area contributed by atoms with Crippen LogP contribution in [0.1, 0.15) is 5.01 Å². The van der Waals surface area contributed by atoms with Crippen LogP contribution in [0.4, 0.5) is 11.5 Å². The Bertz CT molecular complexity index is 885. The number of rotatable bonds is 2. The molecule has 2 aromatic heterocycles. The first-order valence-electron chi connectivity index (χ1n) is 8.28. The van der Waals surface area contributed by atoms with Crippen molar-refractivity contribution in [1.29, 1.82) is 0 Å². The van der Waals surface area contributed by atoms with E-state index in [0.717, 1.165) is 53.3 Å². The molecule has 128 valence electrons. The smallest absolute Gasteiger partial charge is 0.173 e. The number of thiazole rings is 1. The summed E-state index contributed by atoms with van der Waals surface area (Å²) < 4.78 is 1.19. The highest BCUT2D eigenvalue weighted by Crippen LogP contribution is 2.25. The number of pyridine rings is 1. The van der Waals surface area contributed by atoms with Crippen molar-refractivity contribution in [3.8, 4) is 0 Å². The summed E-state index contributed by atoms with van der Waals surface area (Å²) >= 11 is 7.31. The number of thiocarbonyl (C=S) groups is 1. The molecular formula is C18H19N5S2. The standard InChI is InChI=1S/C18H19N5S2/c1-13-20-15-6-5-14(12-16(15)25-13)21-18(24)23-10-8-22(9-11-23)17-4-2-3-7-19-17/h2-7,12H,8-11H2,1H3,(H,21,24). The summed E-state index contributed by atoms with van der Waals surface area (Å²) in [5.41, 5.74) is 2.07. The molecule has 0 aliphatic carbocycles. The van der Waals surface area contributed by atoms with Crippen LogP contribution in [0, 0.1) is 6.92 Å². The van der Waals surface area contributed by atoms with E-state index in [-0.39, 0.29) is 0 Å². The molecule has 7 heteroatoms. The van der Waals surface area contributed by atoms with Crippen LogP contribution in [0.3, 0.4) is 0 Å². The monoisotopic (exact) mass is 369 g/mol. The Balaban J connectivity index is 1.38. The highest BCUT2D eigenvalue weighted by molar-refractivity contribution is 7.80. The Hall–Kier alpha value is -2.25. The molecule has 5 nitrogen and oxygen atoms in total. The largest absolute Gasteiger partial charge is 0.353 e. The fraction of sp³-hybridized carbons (Fsp3) is 0.278. The van der Waals surface area contributed by atoms with E-state index in [2.05, 4.69) is 37.2 Å². The van der Waals surface area contributed by atoms with Gasteiger partial charge in [-0.2, -0.15) is 0 Å². The van der Waals surface area contributed by atoms with Gasteiger partial charge in [-0.3, -0.25) is 0 Å². The number of nitrogens with one attached hydrogen (secondary N) is 1. The molecular weight excluding hydrogens is 350 g/mol. The number of piperazine rings is 1. The molecule has 0 radical (unpaired) electrons. The Morgan fingerprint density at radius 3 is 2.76 bits per heavy atom. The fourth-order valence-corrected chi connectivity index (χ4v) is 4.17. The van der Waals surface area contributed by atoms with Crippen molar-refractivity contribution in [3.05, 3.63) is 47.6 Å². The van der Waals surface area contributed by atoms with Gasteiger partial charge in [-0.05, 0) is 49.5 Å². The minimum atomic E-state index is 0.779. The lowest BCUT2D eigenvalue weighted by atomic mass is 10.3. The van der Waals surface area contributed by atoms with Gasteiger partial charge in [-0.25, -0.2) is 9.97 Å². The molecule has 1 aliphatic heterocycles. The van der Waals surface area contributed by atoms with Crippen LogP contribution in [-0.4, -0.2) is 46.2 Å². The maximum absolute atomic E-state index is 5.61. The molecule has 0 saturated carbocycles. The van der Waals surface area contributed by atoms with Crippen molar-refractivity contribution in [2.24, 2.45) is 0 Å². The van der Waals surface area contributed by atoms with Crippen LogP contribution in [-0.2, 0) is 0 Å². The van der Waals surface area contributed by atoms with E-state index < -0.39 is 0 Å². The first kappa shape index (κ1) is 16.2. The molecule has 1 N–H and O–H groups in total. The number of hydrogen-bond acceptors (Lipinski definition) is 5. The number of fused-ring (bicyclic) bond motifs is 1. The molecule has 0 spiro atoms. The quantitative estimate of drug-likeness (QED) is 0.698. The zero-order valence-corrected chi connectivity index (χ0v) is 15.6. The van der Waals surface area contributed by atoms with Crippen LogP contribution in [0.25, 0.3) is 10.2 Å².